The van der Waals surface area contributed by atoms with Gasteiger partial charge in [-0.3, -0.25) is 14.2 Å². The van der Waals surface area contributed by atoms with Crippen molar-refractivity contribution in [2.45, 2.75) is 39.8 Å². The van der Waals surface area contributed by atoms with Crippen molar-refractivity contribution >= 4 is 28.8 Å². The van der Waals surface area contributed by atoms with E-state index in [1.54, 1.807) is 33.0 Å². The summed E-state index contributed by atoms with van der Waals surface area (Å²) in [5.74, 6) is -0.0202. The number of aromatic nitrogens is 2. The molecular weight excluding hydrogens is 597 g/mol. The van der Waals surface area contributed by atoms with Crippen LogP contribution in [0.25, 0.3) is 27.5 Å². The molecule has 1 fully saturated rings. The lowest BCUT2D eigenvalue weighted by molar-refractivity contribution is -0.137. The second-order valence-corrected chi connectivity index (χ2v) is 12.2. The fourth-order valence-electron chi connectivity index (χ4n) is 5.28. The van der Waals surface area contributed by atoms with Crippen LogP contribution in [0, 0.1) is 5.92 Å². The van der Waals surface area contributed by atoms with Crippen molar-refractivity contribution < 1.29 is 18.0 Å². The van der Waals surface area contributed by atoms with Crippen LogP contribution < -0.4 is 10.9 Å². The topological polar surface area (TPSA) is 67.2 Å². The highest BCUT2D eigenvalue weighted by atomic mass is 35.5. The summed E-state index contributed by atoms with van der Waals surface area (Å²) in [5, 5.41) is 5.82. The number of hydrogen-bond acceptors (Lipinski definition) is 5. The molecule has 6 nitrogen and oxygen atoms in total. The van der Waals surface area contributed by atoms with Gasteiger partial charge in [-0.15, -0.1) is 11.3 Å². The van der Waals surface area contributed by atoms with Crippen molar-refractivity contribution in [3.05, 3.63) is 91.7 Å². The minimum Gasteiger partial charge on any atom is -0.336 e. The van der Waals surface area contributed by atoms with Gasteiger partial charge in [-0.2, -0.15) is 13.2 Å². The summed E-state index contributed by atoms with van der Waals surface area (Å²) >= 11 is 7.65. The van der Waals surface area contributed by atoms with E-state index in [2.05, 4.69) is 10.3 Å². The van der Waals surface area contributed by atoms with Crippen molar-refractivity contribution in [1.29, 1.82) is 0 Å². The zero-order valence-corrected chi connectivity index (χ0v) is 25.7. The zero-order chi connectivity index (χ0) is 30.9. The van der Waals surface area contributed by atoms with E-state index >= 15 is 0 Å². The SMILES string of the molecule is CCc1ccc(Cl)cc1-n1c(CC(C)C)c(C(=O)N2CCNCC2)cc(-c2nc(-c3ccc(C(F)(F)F)cc3)cs2)c1=O. The van der Waals surface area contributed by atoms with Crippen LogP contribution in [-0.2, 0) is 19.0 Å². The minimum absolute atomic E-state index is 0.140. The van der Waals surface area contributed by atoms with Gasteiger partial charge in [0.05, 0.1) is 28.1 Å². The normalized spacial score (nSPS) is 14.0. The number of halogens is 4. The van der Waals surface area contributed by atoms with Crippen LogP contribution in [0.3, 0.4) is 0 Å². The highest BCUT2D eigenvalue weighted by Gasteiger charge is 2.30. The van der Waals surface area contributed by atoms with Gasteiger partial charge in [0.15, 0.2) is 0 Å². The van der Waals surface area contributed by atoms with Gasteiger partial charge < -0.3 is 10.2 Å². The second kappa shape index (κ2) is 12.6. The Balaban J connectivity index is 1.73. The maximum absolute atomic E-state index is 14.4. The number of benzene rings is 2. The summed E-state index contributed by atoms with van der Waals surface area (Å²) in [6.07, 6.45) is -3.33. The number of alkyl halides is 3. The summed E-state index contributed by atoms with van der Waals surface area (Å²) in [6, 6.07) is 11.8. The summed E-state index contributed by atoms with van der Waals surface area (Å²) in [6.45, 7) is 8.51. The standard InChI is InChI=1S/C32H32ClF3N4O2S/c1-4-20-7-10-23(33)16-27(20)40-28(15-19(2)3)24(30(41)39-13-11-37-12-14-39)17-25(31(40)42)29-38-26(18-43-29)21-5-8-22(9-6-21)32(34,35)36/h5-10,16-19,37H,4,11-15H2,1-3H3. The second-order valence-electron chi connectivity index (χ2n) is 10.9. The van der Waals surface area contributed by atoms with E-state index in [-0.39, 0.29) is 22.9 Å². The number of carbonyl (C=O) groups is 1. The van der Waals surface area contributed by atoms with Crippen molar-refractivity contribution in [2.24, 2.45) is 5.92 Å². The van der Waals surface area contributed by atoms with Crippen LogP contribution in [0.5, 0.6) is 0 Å². The Labute approximate surface area is 257 Å². The molecular formula is C32H32ClF3N4O2S. The number of rotatable bonds is 7. The lowest BCUT2D eigenvalue weighted by Gasteiger charge is -2.29. The highest BCUT2D eigenvalue weighted by Crippen LogP contribution is 2.34. The monoisotopic (exact) mass is 628 g/mol. The molecule has 0 saturated carbocycles. The average Bonchev–Trinajstić information content (AvgIpc) is 3.47. The molecule has 1 aliphatic rings. The first-order chi connectivity index (χ1) is 20.5. The summed E-state index contributed by atoms with van der Waals surface area (Å²) in [5.41, 5.74) is 2.66. The molecule has 4 aromatic rings. The van der Waals surface area contributed by atoms with Crippen molar-refractivity contribution in [1.82, 2.24) is 19.8 Å². The molecule has 1 saturated heterocycles. The molecule has 1 amide bonds. The number of aryl methyl sites for hydroxylation is 1. The van der Waals surface area contributed by atoms with E-state index in [0.29, 0.717) is 77.3 Å². The molecule has 2 aromatic heterocycles. The van der Waals surface area contributed by atoms with Gasteiger partial charge in [0.1, 0.15) is 5.01 Å². The maximum atomic E-state index is 14.4. The number of nitrogens with zero attached hydrogens (tertiary/aromatic N) is 3. The Kier molecular flexibility index (Phi) is 9.10. The van der Waals surface area contributed by atoms with E-state index in [9.17, 15) is 22.8 Å². The third kappa shape index (κ3) is 6.56. The quantitative estimate of drug-likeness (QED) is 0.237. The van der Waals surface area contributed by atoms with E-state index < -0.39 is 11.7 Å². The van der Waals surface area contributed by atoms with Crippen molar-refractivity contribution in [3.63, 3.8) is 0 Å². The number of thiazole rings is 1. The smallest absolute Gasteiger partial charge is 0.336 e. The van der Waals surface area contributed by atoms with Crippen LogP contribution in [0.2, 0.25) is 5.02 Å². The molecule has 226 valence electrons. The molecule has 0 aliphatic carbocycles. The molecule has 0 unspecified atom stereocenters. The Bertz CT molecular complexity index is 1690. The molecule has 0 spiro atoms. The summed E-state index contributed by atoms with van der Waals surface area (Å²) < 4.78 is 40.9. The van der Waals surface area contributed by atoms with Crippen LogP contribution >= 0.6 is 22.9 Å². The highest BCUT2D eigenvalue weighted by molar-refractivity contribution is 7.13. The third-order valence-electron chi connectivity index (χ3n) is 7.45. The molecule has 0 bridgehead atoms. The van der Waals surface area contributed by atoms with Crippen molar-refractivity contribution in [2.75, 3.05) is 26.2 Å². The number of carbonyl (C=O) groups excluding carboxylic acids is 1. The Morgan fingerprint density at radius 3 is 2.42 bits per heavy atom. The number of piperazine rings is 1. The lowest BCUT2D eigenvalue weighted by atomic mass is 9.98. The van der Waals surface area contributed by atoms with Crippen LogP contribution in [0.4, 0.5) is 13.2 Å². The number of pyridine rings is 1. The minimum atomic E-state index is -4.44. The average molecular weight is 629 g/mol. The first-order valence-electron chi connectivity index (χ1n) is 14.2. The Morgan fingerprint density at radius 1 is 1.09 bits per heavy atom. The van der Waals surface area contributed by atoms with Gasteiger partial charge in [-0.05, 0) is 54.7 Å². The molecule has 43 heavy (non-hydrogen) atoms. The third-order valence-corrected chi connectivity index (χ3v) is 8.56. The predicted octanol–water partition coefficient (Wildman–Crippen LogP) is 7.11. The van der Waals surface area contributed by atoms with Gasteiger partial charge in [0.25, 0.3) is 11.5 Å². The lowest BCUT2D eigenvalue weighted by Crippen LogP contribution is -2.47. The molecule has 1 aliphatic heterocycles. The van der Waals surface area contributed by atoms with Crippen LogP contribution in [0.1, 0.15) is 48.0 Å². The Morgan fingerprint density at radius 2 is 1.79 bits per heavy atom. The van der Waals surface area contributed by atoms with Crippen LogP contribution in [-0.4, -0.2) is 46.5 Å². The van der Waals surface area contributed by atoms with Gasteiger partial charge in [-0.25, -0.2) is 4.98 Å². The predicted molar refractivity (Wildman–Crippen MR) is 165 cm³/mol. The number of amides is 1. The van der Waals surface area contributed by atoms with Crippen molar-refractivity contribution in [3.8, 4) is 27.5 Å². The van der Waals surface area contributed by atoms with Gasteiger partial charge in [0.2, 0.25) is 0 Å². The van der Waals surface area contributed by atoms with Gasteiger partial charge >= 0.3 is 6.18 Å². The van der Waals surface area contributed by atoms with Crippen LogP contribution in [0.15, 0.2) is 58.7 Å². The first-order valence-corrected chi connectivity index (χ1v) is 15.4. The molecule has 0 radical (unpaired) electrons. The zero-order valence-electron chi connectivity index (χ0n) is 24.1. The fraction of sp³-hybridized carbons (Fsp3) is 0.344. The van der Waals surface area contributed by atoms with Gasteiger partial charge in [-0.1, -0.05) is 50.6 Å². The molecule has 2 aromatic carbocycles. The molecule has 5 rings (SSSR count). The Hall–Kier alpha value is -3.47. The maximum Gasteiger partial charge on any atom is 0.416 e. The number of hydrogen-bond donors (Lipinski definition) is 1. The summed E-state index contributed by atoms with van der Waals surface area (Å²) in [4.78, 5) is 35.0. The molecule has 11 heteroatoms. The molecule has 0 atom stereocenters. The van der Waals surface area contributed by atoms with E-state index in [4.69, 9.17) is 11.6 Å². The summed E-state index contributed by atoms with van der Waals surface area (Å²) in [7, 11) is 0. The van der Waals surface area contributed by atoms with E-state index in [1.165, 1.54) is 23.5 Å². The van der Waals surface area contributed by atoms with Gasteiger partial charge in [0, 0.05) is 47.8 Å². The first kappa shape index (κ1) is 31.0. The molecule has 3 heterocycles. The van der Waals surface area contributed by atoms with E-state index in [0.717, 1.165) is 17.7 Å². The van der Waals surface area contributed by atoms with E-state index in [1.807, 2.05) is 26.8 Å². The largest absolute Gasteiger partial charge is 0.416 e. The molecule has 1 N–H and O–H groups in total. The number of nitrogens with one attached hydrogen (secondary N) is 1. The fourth-order valence-corrected chi connectivity index (χ4v) is 6.28.